The van der Waals surface area contributed by atoms with Crippen LogP contribution in [-0.2, 0) is 0 Å². The van der Waals surface area contributed by atoms with Gasteiger partial charge in [-0.1, -0.05) is 31.0 Å². The molecule has 2 rings (SSSR count). The van der Waals surface area contributed by atoms with Crippen molar-refractivity contribution in [2.75, 3.05) is 0 Å². The van der Waals surface area contributed by atoms with Crippen LogP contribution in [-0.4, -0.2) is 6.10 Å². The molecule has 1 aromatic carbocycles. The first-order valence-electron chi connectivity index (χ1n) is 5.05. The highest BCUT2D eigenvalue weighted by Crippen LogP contribution is 2.40. The first-order chi connectivity index (χ1) is 7.15. The maximum atomic E-state index is 13.6. The van der Waals surface area contributed by atoms with E-state index in [0.29, 0.717) is 0 Å². The first-order valence-corrected chi connectivity index (χ1v) is 5.43. The summed E-state index contributed by atoms with van der Waals surface area (Å²) in [4.78, 5) is 0. The lowest BCUT2D eigenvalue weighted by atomic mass is 10.0. The van der Waals surface area contributed by atoms with Crippen LogP contribution >= 0.6 is 11.6 Å². The molecule has 2 unspecified atom stereocenters. The molecule has 0 aliphatic carbocycles. The SMILES string of the molecule is CCCC1Oc2c(ccc(Cl)c2F)C1N. The number of hydrogen-bond acceptors (Lipinski definition) is 2. The molecule has 1 aromatic rings. The summed E-state index contributed by atoms with van der Waals surface area (Å²) in [5.41, 5.74) is 6.68. The van der Waals surface area contributed by atoms with Crippen molar-refractivity contribution < 1.29 is 9.13 Å². The second kappa shape index (κ2) is 3.99. The predicted octanol–water partition coefficient (Wildman–Crippen LogP) is 3.04. The maximum absolute atomic E-state index is 13.6. The van der Waals surface area contributed by atoms with Gasteiger partial charge in [-0.05, 0) is 12.5 Å². The summed E-state index contributed by atoms with van der Waals surface area (Å²) in [6, 6.07) is 3.01. The van der Waals surface area contributed by atoms with Crippen LogP contribution < -0.4 is 10.5 Å². The molecule has 4 heteroatoms. The van der Waals surface area contributed by atoms with Gasteiger partial charge in [-0.25, -0.2) is 4.39 Å². The van der Waals surface area contributed by atoms with Gasteiger partial charge in [0.15, 0.2) is 11.6 Å². The molecule has 0 aromatic heterocycles. The van der Waals surface area contributed by atoms with E-state index in [1.54, 1.807) is 6.07 Å². The van der Waals surface area contributed by atoms with Crippen molar-refractivity contribution >= 4 is 11.6 Å². The van der Waals surface area contributed by atoms with Gasteiger partial charge in [0.25, 0.3) is 0 Å². The number of nitrogens with two attached hydrogens (primary N) is 1. The third-order valence-electron chi connectivity index (χ3n) is 2.68. The number of halogens is 2. The molecule has 1 aliphatic rings. The fourth-order valence-electron chi connectivity index (χ4n) is 1.88. The molecule has 2 nitrogen and oxygen atoms in total. The predicted molar refractivity (Wildman–Crippen MR) is 57.7 cm³/mol. The Balaban J connectivity index is 2.36. The molecule has 0 bridgehead atoms. The Bertz CT molecular complexity index is 383. The molecule has 15 heavy (non-hydrogen) atoms. The lowest BCUT2D eigenvalue weighted by molar-refractivity contribution is 0.188. The average molecular weight is 230 g/mol. The minimum absolute atomic E-state index is 0.0816. The van der Waals surface area contributed by atoms with E-state index in [1.807, 2.05) is 6.92 Å². The lowest BCUT2D eigenvalue weighted by Crippen LogP contribution is -2.24. The zero-order valence-electron chi connectivity index (χ0n) is 8.47. The second-order valence-electron chi connectivity index (χ2n) is 3.75. The van der Waals surface area contributed by atoms with Gasteiger partial charge in [-0.2, -0.15) is 0 Å². The molecule has 2 N–H and O–H groups in total. The van der Waals surface area contributed by atoms with Gasteiger partial charge in [-0.15, -0.1) is 0 Å². The Labute approximate surface area is 93.2 Å². The number of ether oxygens (including phenoxy) is 1. The molecule has 0 spiro atoms. The minimum Gasteiger partial charge on any atom is -0.485 e. The average Bonchev–Trinajstić information content (AvgIpc) is 2.52. The largest absolute Gasteiger partial charge is 0.485 e. The fraction of sp³-hybridized carbons (Fsp3) is 0.455. The molecule has 2 atom stereocenters. The highest BCUT2D eigenvalue weighted by Gasteiger charge is 2.33. The molecule has 0 fully saturated rings. The van der Waals surface area contributed by atoms with E-state index in [-0.39, 0.29) is 22.9 Å². The Morgan fingerprint density at radius 1 is 1.53 bits per heavy atom. The standard InChI is InChI=1S/C11H13ClFNO/c1-2-3-8-10(14)6-4-5-7(12)9(13)11(6)15-8/h4-5,8,10H,2-3,14H2,1H3. The van der Waals surface area contributed by atoms with Crippen LogP contribution in [0.15, 0.2) is 12.1 Å². The lowest BCUT2D eigenvalue weighted by Gasteiger charge is -2.13. The van der Waals surface area contributed by atoms with Crippen molar-refractivity contribution in [3.05, 3.63) is 28.5 Å². The van der Waals surface area contributed by atoms with Crippen molar-refractivity contribution in [2.24, 2.45) is 5.73 Å². The van der Waals surface area contributed by atoms with Crippen molar-refractivity contribution in [1.29, 1.82) is 0 Å². The highest BCUT2D eigenvalue weighted by molar-refractivity contribution is 6.30. The van der Waals surface area contributed by atoms with E-state index in [1.165, 1.54) is 6.07 Å². The van der Waals surface area contributed by atoms with Gasteiger partial charge >= 0.3 is 0 Å². The van der Waals surface area contributed by atoms with E-state index < -0.39 is 5.82 Å². The molecule has 0 saturated carbocycles. The van der Waals surface area contributed by atoms with Crippen LogP contribution in [0, 0.1) is 5.82 Å². The van der Waals surface area contributed by atoms with E-state index in [2.05, 4.69) is 0 Å². The van der Waals surface area contributed by atoms with Gasteiger partial charge in [0, 0.05) is 5.56 Å². The molecular weight excluding hydrogens is 217 g/mol. The summed E-state index contributed by atoms with van der Waals surface area (Å²) in [6.45, 7) is 2.04. The smallest absolute Gasteiger partial charge is 0.183 e. The van der Waals surface area contributed by atoms with Crippen molar-refractivity contribution in [3.8, 4) is 5.75 Å². The second-order valence-corrected chi connectivity index (χ2v) is 4.16. The van der Waals surface area contributed by atoms with Crippen molar-refractivity contribution in [3.63, 3.8) is 0 Å². The summed E-state index contributed by atoms with van der Waals surface area (Å²) >= 11 is 5.67. The molecule has 1 aliphatic heterocycles. The van der Waals surface area contributed by atoms with Crippen LogP contribution in [0.3, 0.4) is 0 Å². The summed E-state index contributed by atoms with van der Waals surface area (Å²) < 4.78 is 19.1. The molecule has 82 valence electrons. The molecule has 1 heterocycles. The topological polar surface area (TPSA) is 35.2 Å². The van der Waals surface area contributed by atoms with Gasteiger partial charge in [-0.3, -0.25) is 0 Å². The molecular formula is C11H13ClFNO. The van der Waals surface area contributed by atoms with Crippen molar-refractivity contribution in [2.45, 2.75) is 31.9 Å². The Morgan fingerprint density at radius 2 is 2.27 bits per heavy atom. The zero-order chi connectivity index (χ0) is 11.0. The van der Waals surface area contributed by atoms with Crippen molar-refractivity contribution in [1.82, 2.24) is 0 Å². The number of hydrogen-bond donors (Lipinski definition) is 1. The minimum atomic E-state index is -0.497. The Morgan fingerprint density at radius 3 is 2.93 bits per heavy atom. The Hall–Kier alpha value is -0.800. The van der Waals surface area contributed by atoms with E-state index in [9.17, 15) is 4.39 Å². The van der Waals surface area contributed by atoms with Crippen LogP contribution in [0.2, 0.25) is 5.02 Å². The summed E-state index contributed by atoms with van der Waals surface area (Å²) in [6.07, 6.45) is 1.66. The summed E-state index contributed by atoms with van der Waals surface area (Å²) in [5.74, 6) is -0.267. The normalized spacial score (nSPS) is 23.7. The van der Waals surface area contributed by atoms with E-state index >= 15 is 0 Å². The first kappa shape index (κ1) is 10.7. The maximum Gasteiger partial charge on any atom is 0.183 e. The van der Waals surface area contributed by atoms with Crippen LogP contribution in [0.4, 0.5) is 4.39 Å². The van der Waals surface area contributed by atoms with E-state index in [4.69, 9.17) is 22.1 Å². The molecule has 0 amide bonds. The Kier molecular flexibility index (Phi) is 2.85. The number of fused-ring (bicyclic) bond motifs is 1. The zero-order valence-corrected chi connectivity index (χ0v) is 9.22. The summed E-state index contributed by atoms with van der Waals surface area (Å²) in [7, 11) is 0. The van der Waals surface area contributed by atoms with Crippen LogP contribution in [0.1, 0.15) is 31.4 Å². The summed E-state index contributed by atoms with van der Waals surface area (Å²) in [5, 5.41) is 0.0816. The third-order valence-corrected chi connectivity index (χ3v) is 2.97. The highest BCUT2D eigenvalue weighted by atomic mass is 35.5. The van der Waals surface area contributed by atoms with Crippen LogP contribution in [0.5, 0.6) is 5.75 Å². The van der Waals surface area contributed by atoms with Gasteiger partial charge in [0.2, 0.25) is 0 Å². The van der Waals surface area contributed by atoms with Crippen LogP contribution in [0.25, 0.3) is 0 Å². The van der Waals surface area contributed by atoms with E-state index in [0.717, 1.165) is 18.4 Å². The van der Waals surface area contributed by atoms with Gasteiger partial charge in [0.1, 0.15) is 6.10 Å². The number of benzene rings is 1. The fourth-order valence-corrected chi connectivity index (χ4v) is 2.03. The quantitative estimate of drug-likeness (QED) is 0.846. The molecule has 0 saturated heterocycles. The monoisotopic (exact) mass is 229 g/mol. The van der Waals surface area contributed by atoms with Gasteiger partial charge < -0.3 is 10.5 Å². The molecule has 0 radical (unpaired) electrons. The third kappa shape index (κ3) is 1.70. The van der Waals surface area contributed by atoms with Gasteiger partial charge in [0.05, 0.1) is 11.1 Å². The number of rotatable bonds is 2.